The summed E-state index contributed by atoms with van der Waals surface area (Å²) < 4.78 is 0. The summed E-state index contributed by atoms with van der Waals surface area (Å²) in [5.41, 5.74) is 1.28. The summed E-state index contributed by atoms with van der Waals surface area (Å²) in [4.78, 5) is 5.32. The van der Waals surface area contributed by atoms with Gasteiger partial charge < -0.3 is 14.9 Å². The van der Waals surface area contributed by atoms with Crippen molar-refractivity contribution in [3.8, 4) is 0 Å². The highest BCUT2D eigenvalue weighted by atomic mass is 16.3. The molecule has 0 aromatic rings. The molecule has 4 saturated carbocycles. The molecule has 6 aliphatic rings. The van der Waals surface area contributed by atoms with Crippen molar-refractivity contribution < 1.29 is 5.11 Å². The van der Waals surface area contributed by atoms with Crippen molar-refractivity contribution in [2.24, 2.45) is 34.5 Å². The summed E-state index contributed by atoms with van der Waals surface area (Å²) in [7, 11) is 0. The zero-order valence-electron chi connectivity index (χ0n) is 18.0. The van der Waals surface area contributed by atoms with E-state index in [2.05, 4.69) is 9.80 Å². The fraction of sp³-hybridized carbons (Fsp3) is 1.00. The third-order valence-electron chi connectivity index (χ3n) is 10.5. The van der Waals surface area contributed by atoms with Gasteiger partial charge in [0.15, 0.2) is 0 Å². The van der Waals surface area contributed by atoms with Crippen molar-refractivity contribution in [2.75, 3.05) is 39.3 Å². The summed E-state index contributed by atoms with van der Waals surface area (Å²) in [6.45, 7) is 6.88. The molecule has 0 aromatic carbocycles. The summed E-state index contributed by atoms with van der Waals surface area (Å²) in [5, 5.41) is 11.0. The second-order valence-electron chi connectivity index (χ2n) is 12.2. The van der Waals surface area contributed by atoms with Gasteiger partial charge in [0, 0.05) is 26.2 Å². The van der Waals surface area contributed by atoms with Crippen LogP contribution in [0.2, 0.25) is 0 Å². The van der Waals surface area contributed by atoms with Gasteiger partial charge in [-0.25, -0.2) is 0 Å². The maximum absolute atomic E-state index is 11.0. The Morgan fingerprint density at radius 2 is 1.25 bits per heavy atom. The van der Waals surface area contributed by atoms with E-state index >= 15 is 0 Å². The minimum Gasteiger partial charge on any atom is -0.390 e. The molecule has 28 heavy (non-hydrogen) atoms. The van der Waals surface area contributed by atoms with Crippen molar-refractivity contribution in [3.63, 3.8) is 0 Å². The molecule has 1 N–H and O–H groups in total. The van der Waals surface area contributed by atoms with E-state index in [9.17, 15) is 5.11 Å². The first kappa shape index (κ1) is 18.6. The summed E-state index contributed by atoms with van der Waals surface area (Å²) >= 11 is 0. The molecule has 2 heterocycles. The molecule has 3 heteroatoms. The Labute approximate surface area is 172 Å². The third-order valence-corrected chi connectivity index (χ3v) is 10.5. The van der Waals surface area contributed by atoms with Crippen LogP contribution in [-0.2, 0) is 0 Å². The van der Waals surface area contributed by atoms with E-state index in [0.29, 0.717) is 10.8 Å². The number of aliphatic hydroxyl groups is 1. The predicted octanol–water partition coefficient (Wildman–Crippen LogP) is 4.15. The molecular weight excluding hydrogens is 344 g/mol. The van der Waals surface area contributed by atoms with Crippen LogP contribution in [0.4, 0.5) is 0 Å². The van der Waals surface area contributed by atoms with E-state index in [1.807, 2.05) is 0 Å². The van der Waals surface area contributed by atoms with Crippen LogP contribution in [0.1, 0.15) is 77.0 Å². The van der Waals surface area contributed by atoms with Crippen molar-refractivity contribution in [1.29, 1.82) is 0 Å². The van der Waals surface area contributed by atoms with Gasteiger partial charge in [0.2, 0.25) is 0 Å². The zero-order chi connectivity index (χ0) is 18.8. The third kappa shape index (κ3) is 3.10. The highest BCUT2D eigenvalue weighted by molar-refractivity contribution is 5.05. The monoisotopic (exact) mass is 386 g/mol. The molecule has 2 aliphatic heterocycles. The van der Waals surface area contributed by atoms with Gasteiger partial charge in [-0.2, -0.15) is 0 Å². The number of likely N-dealkylation sites (tertiary alicyclic amines) is 2. The van der Waals surface area contributed by atoms with Gasteiger partial charge in [0.25, 0.3) is 0 Å². The Hall–Kier alpha value is -0.120. The smallest absolute Gasteiger partial charge is 0.0793 e. The lowest BCUT2D eigenvalue weighted by molar-refractivity contribution is -0.0142. The van der Waals surface area contributed by atoms with Crippen LogP contribution in [0, 0.1) is 34.5 Å². The van der Waals surface area contributed by atoms with Gasteiger partial charge in [-0.3, -0.25) is 0 Å². The average molecular weight is 387 g/mol. The molecule has 158 valence electrons. The molecule has 6 unspecified atom stereocenters. The standard InChI is InChI=1S/C25H42N2O/c28-23(15-26-9-1-7-24(17-26)13-19-3-5-21(24)11-19)16-27-10-2-8-25(18-27)14-20-4-6-22(25)12-20/h19-23,28H,1-18H2. The Balaban J connectivity index is 1.04. The van der Waals surface area contributed by atoms with Gasteiger partial charge in [-0.05, 0) is 112 Å². The number of rotatable bonds is 4. The van der Waals surface area contributed by atoms with Crippen molar-refractivity contribution in [2.45, 2.75) is 83.2 Å². The molecular formula is C25H42N2O. The molecule has 6 rings (SSSR count). The Kier molecular flexibility index (Phi) is 4.63. The molecule has 3 nitrogen and oxygen atoms in total. The van der Waals surface area contributed by atoms with Crippen molar-refractivity contribution in [1.82, 2.24) is 9.80 Å². The molecule has 6 fully saturated rings. The number of nitrogens with zero attached hydrogens (tertiary/aromatic N) is 2. The number of hydrogen-bond acceptors (Lipinski definition) is 3. The van der Waals surface area contributed by atoms with Gasteiger partial charge in [-0.1, -0.05) is 12.8 Å². The minimum absolute atomic E-state index is 0.150. The van der Waals surface area contributed by atoms with Crippen LogP contribution in [0.15, 0.2) is 0 Å². The first-order valence-corrected chi connectivity index (χ1v) is 12.8. The Morgan fingerprint density at radius 3 is 1.64 bits per heavy atom. The number of aliphatic hydroxyl groups excluding tert-OH is 1. The second kappa shape index (κ2) is 6.95. The van der Waals surface area contributed by atoms with Gasteiger partial charge >= 0.3 is 0 Å². The molecule has 6 atom stereocenters. The van der Waals surface area contributed by atoms with E-state index < -0.39 is 0 Å². The molecule has 0 amide bonds. The van der Waals surface area contributed by atoms with E-state index in [-0.39, 0.29) is 6.10 Å². The molecule has 2 saturated heterocycles. The second-order valence-corrected chi connectivity index (χ2v) is 12.2. The molecule has 4 aliphatic carbocycles. The lowest BCUT2D eigenvalue weighted by atomic mass is 9.68. The van der Waals surface area contributed by atoms with Crippen LogP contribution < -0.4 is 0 Å². The number of hydrogen-bond donors (Lipinski definition) is 1. The number of fused-ring (bicyclic) bond motifs is 6. The van der Waals surface area contributed by atoms with Gasteiger partial charge in [-0.15, -0.1) is 0 Å². The largest absolute Gasteiger partial charge is 0.390 e. The average Bonchev–Trinajstić information content (AvgIpc) is 3.42. The topological polar surface area (TPSA) is 26.7 Å². The first-order chi connectivity index (χ1) is 13.6. The van der Waals surface area contributed by atoms with E-state index in [0.717, 1.165) is 36.8 Å². The predicted molar refractivity (Wildman–Crippen MR) is 113 cm³/mol. The van der Waals surface area contributed by atoms with E-state index in [1.54, 1.807) is 0 Å². The van der Waals surface area contributed by atoms with Crippen molar-refractivity contribution >= 4 is 0 Å². The molecule has 4 bridgehead atoms. The van der Waals surface area contributed by atoms with Gasteiger partial charge in [0.1, 0.15) is 0 Å². The van der Waals surface area contributed by atoms with Crippen LogP contribution in [0.3, 0.4) is 0 Å². The lowest BCUT2D eigenvalue weighted by Gasteiger charge is -2.48. The maximum atomic E-state index is 11.0. The van der Waals surface area contributed by atoms with Crippen LogP contribution in [0.25, 0.3) is 0 Å². The fourth-order valence-corrected chi connectivity index (χ4v) is 9.60. The van der Waals surface area contributed by atoms with Crippen LogP contribution in [0.5, 0.6) is 0 Å². The molecule has 0 aromatic heterocycles. The first-order valence-electron chi connectivity index (χ1n) is 12.8. The molecule has 0 radical (unpaired) electrons. The van der Waals surface area contributed by atoms with Crippen LogP contribution >= 0.6 is 0 Å². The normalized spacial score (nSPS) is 49.6. The summed E-state index contributed by atoms with van der Waals surface area (Å²) in [6, 6.07) is 0. The van der Waals surface area contributed by atoms with E-state index in [1.165, 1.54) is 103 Å². The van der Waals surface area contributed by atoms with E-state index in [4.69, 9.17) is 0 Å². The van der Waals surface area contributed by atoms with Gasteiger partial charge in [0.05, 0.1) is 6.10 Å². The summed E-state index contributed by atoms with van der Waals surface area (Å²) in [5.74, 6) is 4.11. The highest BCUT2D eigenvalue weighted by Crippen LogP contribution is 2.60. The Bertz CT molecular complexity index is 545. The fourth-order valence-electron chi connectivity index (χ4n) is 9.60. The maximum Gasteiger partial charge on any atom is 0.0793 e. The highest BCUT2D eigenvalue weighted by Gasteiger charge is 2.53. The zero-order valence-corrected chi connectivity index (χ0v) is 18.0. The lowest BCUT2D eigenvalue weighted by Crippen LogP contribution is -2.52. The van der Waals surface area contributed by atoms with Crippen LogP contribution in [-0.4, -0.2) is 60.3 Å². The quantitative estimate of drug-likeness (QED) is 0.786. The number of β-amino-alcohol motifs (C(OH)–C–C–N with tert-alkyl or cyclic N) is 1. The minimum atomic E-state index is -0.150. The van der Waals surface area contributed by atoms with Crippen molar-refractivity contribution in [3.05, 3.63) is 0 Å². The Morgan fingerprint density at radius 1 is 0.750 bits per heavy atom. The SMILES string of the molecule is OC(CN1CCCC2(CC3CCC2C3)C1)CN1CCCC2(CC3CCC2C3)C1. The number of piperidine rings is 2. The summed E-state index contributed by atoms with van der Waals surface area (Å²) in [6.07, 6.45) is 17.6. The molecule has 2 spiro atoms.